The van der Waals surface area contributed by atoms with E-state index in [0.29, 0.717) is 0 Å². The minimum absolute atomic E-state index is 0.251. The van der Waals surface area contributed by atoms with E-state index < -0.39 is 0 Å². The topological polar surface area (TPSA) is 26.3 Å². The standard InChI is InChI=1S/C14H24O2/c1-3-4-5-6-7-8-9-10-11-12-13-16-14(2)15/h4-5,12-13H,3,6-11H2,1-2H3. The monoisotopic (exact) mass is 224 g/mol. The van der Waals surface area contributed by atoms with Crippen molar-refractivity contribution in [1.82, 2.24) is 0 Å². The fraction of sp³-hybridized carbons (Fsp3) is 0.643. The third-order valence-corrected chi connectivity index (χ3v) is 2.22. The number of unbranched alkanes of at least 4 members (excludes halogenated alkanes) is 5. The average Bonchev–Trinajstić information content (AvgIpc) is 2.25. The van der Waals surface area contributed by atoms with Crippen LogP contribution >= 0.6 is 0 Å². The summed E-state index contributed by atoms with van der Waals surface area (Å²) >= 11 is 0. The zero-order valence-corrected chi connectivity index (χ0v) is 10.6. The Morgan fingerprint density at radius 1 is 1.00 bits per heavy atom. The van der Waals surface area contributed by atoms with Gasteiger partial charge in [-0.05, 0) is 38.2 Å². The van der Waals surface area contributed by atoms with Crippen LogP contribution in [0.15, 0.2) is 24.5 Å². The van der Waals surface area contributed by atoms with Crippen molar-refractivity contribution in [3.05, 3.63) is 24.5 Å². The number of carbonyl (C=O) groups is 1. The predicted octanol–water partition coefficient (Wildman–Crippen LogP) is 4.37. The molecule has 0 spiro atoms. The summed E-state index contributed by atoms with van der Waals surface area (Å²) in [5.41, 5.74) is 0. The van der Waals surface area contributed by atoms with Crippen LogP contribution in [0.4, 0.5) is 0 Å². The summed E-state index contributed by atoms with van der Waals surface area (Å²) in [5.74, 6) is -0.251. The van der Waals surface area contributed by atoms with E-state index in [1.54, 1.807) is 0 Å². The smallest absolute Gasteiger partial charge is 0.307 e. The van der Waals surface area contributed by atoms with Crippen molar-refractivity contribution < 1.29 is 9.53 Å². The fourth-order valence-electron chi connectivity index (χ4n) is 1.37. The molecule has 0 N–H and O–H groups in total. The van der Waals surface area contributed by atoms with Gasteiger partial charge in [-0.1, -0.05) is 31.9 Å². The number of rotatable bonds is 9. The van der Waals surface area contributed by atoms with Gasteiger partial charge in [0.05, 0.1) is 6.26 Å². The Labute approximate surface area is 99.4 Å². The zero-order chi connectivity index (χ0) is 12.1. The molecule has 0 fully saturated rings. The highest BCUT2D eigenvalue weighted by Gasteiger charge is 1.88. The maximum absolute atomic E-state index is 10.4. The van der Waals surface area contributed by atoms with Gasteiger partial charge < -0.3 is 4.74 Å². The second-order valence-corrected chi connectivity index (χ2v) is 3.85. The van der Waals surface area contributed by atoms with Crippen LogP contribution in [0.3, 0.4) is 0 Å². The number of esters is 1. The van der Waals surface area contributed by atoms with Crippen LogP contribution in [-0.4, -0.2) is 5.97 Å². The number of carbonyl (C=O) groups excluding carboxylic acids is 1. The highest BCUT2D eigenvalue weighted by Crippen LogP contribution is 2.06. The van der Waals surface area contributed by atoms with Crippen LogP contribution in [-0.2, 0) is 9.53 Å². The summed E-state index contributed by atoms with van der Waals surface area (Å²) < 4.78 is 4.69. The fourth-order valence-corrected chi connectivity index (χ4v) is 1.37. The Hall–Kier alpha value is -1.05. The molecule has 0 saturated carbocycles. The highest BCUT2D eigenvalue weighted by atomic mass is 16.5. The van der Waals surface area contributed by atoms with E-state index in [9.17, 15) is 4.79 Å². The van der Waals surface area contributed by atoms with Crippen molar-refractivity contribution in [2.75, 3.05) is 0 Å². The SMILES string of the molecule is CCC=CCCCCCCC=COC(C)=O. The molecule has 0 unspecified atom stereocenters. The molecule has 0 aromatic heterocycles. The van der Waals surface area contributed by atoms with Gasteiger partial charge in [0.1, 0.15) is 0 Å². The first kappa shape index (κ1) is 14.9. The van der Waals surface area contributed by atoms with Gasteiger partial charge >= 0.3 is 5.97 Å². The number of hydrogen-bond donors (Lipinski definition) is 0. The van der Waals surface area contributed by atoms with Crippen molar-refractivity contribution in [2.45, 2.75) is 58.8 Å². The summed E-state index contributed by atoms with van der Waals surface area (Å²) in [6, 6.07) is 0. The minimum atomic E-state index is -0.251. The first-order chi connectivity index (χ1) is 7.77. The quantitative estimate of drug-likeness (QED) is 0.251. The maximum atomic E-state index is 10.4. The van der Waals surface area contributed by atoms with Crippen LogP contribution in [0.2, 0.25) is 0 Å². The molecule has 0 aromatic carbocycles. The molecule has 0 radical (unpaired) electrons. The lowest BCUT2D eigenvalue weighted by atomic mass is 10.1. The normalized spacial score (nSPS) is 11.4. The minimum Gasteiger partial charge on any atom is -0.435 e. The molecule has 92 valence electrons. The summed E-state index contributed by atoms with van der Waals surface area (Å²) in [7, 11) is 0. The van der Waals surface area contributed by atoms with Crippen molar-refractivity contribution in [3.63, 3.8) is 0 Å². The molecule has 0 aromatic rings. The van der Waals surface area contributed by atoms with Gasteiger partial charge in [0.15, 0.2) is 0 Å². The molecular formula is C14H24O2. The third-order valence-electron chi connectivity index (χ3n) is 2.22. The van der Waals surface area contributed by atoms with E-state index in [0.717, 1.165) is 12.8 Å². The Kier molecular flexibility index (Phi) is 11.2. The number of ether oxygens (including phenoxy) is 1. The Morgan fingerprint density at radius 2 is 1.62 bits per heavy atom. The molecule has 2 heteroatoms. The zero-order valence-electron chi connectivity index (χ0n) is 10.6. The molecule has 16 heavy (non-hydrogen) atoms. The molecule has 0 aliphatic heterocycles. The molecular weight excluding hydrogens is 200 g/mol. The first-order valence-corrected chi connectivity index (χ1v) is 6.24. The van der Waals surface area contributed by atoms with Crippen molar-refractivity contribution >= 4 is 5.97 Å². The van der Waals surface area contributed by atoms with Gasteiger partial charge in [-0.3, -0.25) is 4.79 Å². The Balaban J connectivity index is 3.12. The highest BCUT2D eigenvalue weighted by molar-refractivity contribution is 5.66. The van der Waals surface area contributed by atoms with E-state index >= 15 is 0 Å². The van der Waals surface area contributed by atoms with Crippen molar-refractivity contribution in [2.24, 2.45) is 0 Å². The molecule has 0 atom stereocenters. The Morgan fingerprint density at radius 3 is 2.19 bits per heavy atom. The lowest BCUT2D eigenvalue weighted by Gasteiger charge is -1.97. The van der Waals surface area contributed by atoms with Gasteiger partial charge in [-0.15, -0.1) is 0 Å². The van der Waals surface area contributed by atoms with E-state index in [2.05, 4.69) is 23.8 Å². The summed E-state index contributed by atoms with van der Waals surface area (Å²) in [5, 5.41) is 0. The Bertz CT molecular complexity index is 217. The van der Waals surface area contributed by atoms with Crippen LogP contribution in [0.1, 0.15) is 58.8 Å². The number of allylic oxidation sites excluding steroid dienone is 3. The lowest BCUT2D eigenvalue weighted by Crippen LogP contribution is -1.89. The van der Waals surface area contributed by atoms with Crippen molar-refractivity contribution in [3.8, 4) is 0 Å². The molecule has 0 heterocycles. The van der Waals surface area contributed by atoms with E-state index in [-0.39, 0.29) is 5.97 Å². The van der Waals surface area contributed by atoms with Crippen LogP contribution in [0, 0.1) is 0 Å². The summed E-state index contributed by atoms with van der Waals surface area (Å²) in [6.45, 7) is 3.57. The first-order valence-electron chi connectivity index (χ1n) is 6.24. The second-order valence-electron chi connectivity index (χ2n) is 3.85. The van der Waals surface area contributed by atoms with Crippen LogP contribution < -0.4 is 0 Å². The van der Waals surface area contributed by atoms with Gasteiger partial charge in [-0.25, -0.2) is 0 Å². The molecule has 0 rings (SSSR count). The van der Waals surface area contributed by atoms with Gasteiger partial charge in [0.2, 0.25) is 0 Å². The predicted molar refractivity (Wildman–Crippen MR) is 68.0 cm³/mol. The second kappa shape index (κ2) is 12.0. The average molecular weight is 224 g/mol. The van der Waals surface area contributed by atoms with E-state index in [1.807, 2.05) is 6.08 Å². The van der Waals surface area contributed by atoms with Gasteiger partial charge in [-0.2, -0.15) is 0 Å². The summed E-state index contributed by atoms with van der Waals surface area (Å²) in [4.78, 5) is 10.4. The summed E-state index contributed by atoms with van der Waals surface area (Å²) in [6.07, 6.45) is 16.2. The van der Waals surface area contributed by atoms with Crippen LogP contribution in [0.25, 0.3) is 0 Å². The van der Waals surface area contributed by atoms with Gasteiger partial charge in [0, 0.05) is 6.92 Å². The van der Waals surface area contributed by atoms with Gasteiger partial charge in [0.25, 0.3) is 0 Å². The molecule has 0 amide bonds. The lowest BCUT2D eigenvalue weighted by molar-refractivity contribution is -0.135. The van der Waals surface area contributed by atoms with E-state index in [4.69, 9.17) is 0 Å². The van der Waals surface area contributed by atoms with Crippen LogP contribution in [0.5, 0.6) is 0 Å². The third kappa shape index (κ3) is 12.9. The van der Waals surface area contributed by atoms with Crippen molar-refractivity contribution in [1.29, 1.82) is 0 Å². The molecule has 2 nitrogen and oxygen atoms in total. The maximum Gasteiger partial charge on any atom is 0.307 e. The molecule has 0 bridgehead atoms. The van der Waals surface area contributed by atoms with E-state index in [1.165, 1.54) is 45.3 Å². The molecule has 0 aliphatic carbocycles. The largest absolute Gasteiger partial charge is 0.435 e. The molecule has 0 saturated heterocycles. The molecule has 0 aliphatic rings. The number of hydrogen-bond acceptors (Lipinski definition) is 2.